The molecule has 0 bridgehead atoms. The quantitative estimate of drug-likeness (QED) is 0.827. The first-order valence-corrected chi connectivity index (χ1v) is 7.01. The van der Waals surface area contributed by atoms with Crippen LogP contribution < -0.4 is 9.47 Å². The molecule has 0 fully saturated rings. The highest BCUT2D eigenvalue weighted by Gasteiger charge is 2.22. The van der Waals surface area contributed by atoms with E-state index in [-0.39, 0.29) is 12.5 Å². The lowest BCUT2D eigenvalue weighted by Crippen LogP contribution is -2.41. The van der Waals surface area contributed by atoms with Gasteiger partial charge in [-0.3, -0.25) is 9.69 Å². The van der Waals surface area contributed by atoms with Gasteiger partial charge in [-0.1, -0.05) is 19.1 Å². The number of likely N-dealkylation sites (N-methyl/N-ethyl adjacent to an activating group) is 1. The fourth-order valence-electron chi connectivity index (χ4n) is 2.27. The van der Waals surface area contributed by atoms with Gasteiger partial charge in [-0.2, -0.15) is 0 Å². The molecule has 1 aliphatic rings. The predicted molar refractivity (Wildman–Crippen MR) is 75.3 cm³/mol. The van der Waals surface area contributed by atoms with Crippen molar-refractivity contribution in [2.75, 3.05) is 26.2 Å². The van der Waals surface area contributed by atoms with Crippen LogP contribution in [0.3, 0.4) is 0 Å². The smallest absolute Gasteiger partial charge is 0.303 e. The first kappa shape index (κ1) is 14.7. The molecule has 0 saturated carbocycles. The van der Waals surface area contributed by atoms with Crippen molar-refractivity contribution in [1.82, 2.24) is 4.90 Å². The number of fused-ring (bicyclic) bond motifs is 1. The fraction of sp³-hybridized carbons (Fsp3) is 0.533. The molecule has 1 N–H and O–H groups in total. The van der Waals surface area contributed by atoms with Gasteiger partial charge in [0.05, 0.1) is 0 Å². The summed E-state index contributed by atoms with van der Waals surface area (Å²) in [6.07, 6.45) is 0.865. The minimum absolute atomic E-state index is 0.00493. The zero-order valence-electron chi connectivity index (χ0n) is 11.7. The van der Waals surface area contributed by atoms with E-state index in [2.05, 4.69) is 11.8 Å². The Balaban J connectivity index is 1.82. The molecule has 0 saturated heterocycles. The number of nitrogens with zero attached hydrogens (tertiary/aromatic N) is 1. The molecule has 0 radical (unpaired) electrons. The van der Waals surface area contributed by atoms with E-state index >= 15 is 0 Å². The van der Waals surface area contributed by atoms with Crippen molar-refractivity contribution in [2.45, 2.75) is 25.9 Å². The van der Waals surface area contributed by atoms with Crippen LogP contribution in [0.15, 0.2) is 24.3 Å². The van der Waals surface area contributed by atoms with Crippen LogP contribution >= 0.6 is 0 Å². The van der Waals surface area contributed by atoms with Gasteiger partial charge in [0.25, 0.3) is 0 Å². The number of benzene rings is 1. The Bertz CT molecular complexity index is 449. The van der Waals surface area contributed by atoms with Crippen molar-refractivity contribution in [3.63, 3.8) is 0 Å². The summed E-state index contributed by atoms with van der Waals surface area (Å²) in [5, 5.41) is 8.67. The SMILES string of the molecule is CCN(CCCC(=O)O)CC1COc2ccccc2O1. The summed E-state index contributed by atoms with van der Waals surface area (Å²) in [5.41, 5.74) is 0. The Hall–Kier alpha value is -1.75. The number of rotatable bonds is 7. The van der Waals surface area contributed by atoms with E-state index in [1.807, 2.05) is 24.3 Å². The summed E-state index contributed by atoms with van der Waals surface area (Å²) in [4.78, 5) is 12.7. The second-order valence-electron chi connectivity index (χ2n) is 4.89. The summed E-state index contributed by atoms with van der Waals surface area (Å²) in [7, 11) is 0. The van der Waals surface area contributed by atoms with Crippen LogP contribution in [0.1, 0.15) is 19.8 Å². The molecular formula is C15H21NO4. The highest BCUT2D eigenvalue weighted by Crippen LogP contribution is 2.30. The number of carboxylic acid groups (broad SMARTS) is 1. The van der Waals surface area contributed by atoms with Crippen LogP contribution in [0.5, 0.6) is 11.5 Å². The lowest BCUT2D eigenvalue weighted by molar-refractivity contribution is -0.137. The Morgan fingerprint density at radius 3 is 2.85 bits per heavy atom. The normalized spacial score (nSPS) is 17.2. The first-order valence-electron chi connectivity index (χ1n) is 7.01. The molecule has 0 aromatic heterocycles. The van der Waals surface area contributed by atoms with Gasteiger partial charge >= 0.3 is 5.97 Å². The molecule has 1 aliphatic heterocycles. The van der Waals surface area contributed by atoms with Gasteiger partial charge in [0.15, 0.2) is 11.5 Å². The molecule has 20 heavy (non-hydrogen) atoms. The van der Waals surface area contributed by atoms with Crippen LogP contribution in [-0.2, 0) is 4.79 Å². The van der Waals surface area contributed by atoms with Gasteiger partial charge in [0.1, 0.15) is 12.7 Å². The molecule has 1 atom stereocenters. The van der Waals surface area contributed by atoms with Crippen molar-refractivity contribution in [3.05, 3.63) is 24.3 Å². The van der Waals surface area contributed by atoms with Gasteiger partial charge in [-0.05, 0) is 31.6 Å². The molecule has 5 heteroatoms. The molecule has 0 aliphatic carbocycles. The van der Waals surface area contributed by atoms with Gasteiger partial charge in [0.2, 0.25) is 0 Å². The van der Waals surface area contributed by atoms with Crippen molar-refractivity contribution in [1.29, 1.82) is 0 Å². The van der Waals surface area contributed by atoms with Crippen molar-refractivity contribution in [2.24, 2.45) is 0 Å². The zero-order chi connectivity index (χ0) is 14.4. The largest absolute Gasteiger partial charge is 0.486 e. The molecule has 5 nitrogen and oxygen atoms in total. The van der Waals surface area contributed by atoms with Gasteiger partial charge in [-0.25, -0.2) is 0 Å². The summed E-state index contributed by atoms with van der Waals surface area (Å²) in [6, 6.07) is 7.65. The van der Waals surface area contributed by atoms with E-state index < -0.39 is 5.97 Å². The average Bonchev–Trinajstić information content (AvgIpc) is 2.45. The molecule has 2 rings (SSSR count). The second-order valence-corrected chi connectivity index (χ2v) is 4.89. The predicted octanol–water partition coefficient (Wildman–Crippen LogP) is 2.01. The zero-order valence-corrected chi connectivity index (χ0v) is 11.7. The maximum absolute atomic E-state index is 10.5. The number of carbonyl (C=O) groups is 1. The molecule has 1 aromatic carbocycles. The Kier molecular flexibility index (Phi) is 5.24. The lowest BCUT2D eigenvalue weighted by Gasteiger charge is -2.30. The highest BCUT2D eigenvalue weighted by atomic mass is 16.6. The number of para-hydroxylation sites is 2. The van der Waals surface area contributed by atoms with Crippen molar-refractivity contribution in [3.8, 4) is 11.5 Å². The topological polar surface area (TPSA) is 59.0 Å². The van der Waals surface area contributed by atoms with Gasteiger partial charge < -0.3 is 14.6 Å². The average molecular weight is 279 g/mol. The summed E-state index contributed by atoms with van der Waals surface area (Å²) >= 11 is 0. The number of hydrogen-bond acceptors (Lipinski definition) is 4. The van der Waals surface area contributed by atoms with E-state index in [1.165, 1.54) is 0 Å². The fourth-order valence-corrected chi connectivity index (χ4v) is 2.27. The Labute approximate surface area is 119 Å². The van der Waals surface area contributed by atoms with E-state index in [9.17, 15) is 4.79 Å². The number of carboxylic acids is 1. The highest BCUT2D eigenvalue weighted by molar-refractivity contribution is 5.66. The van der Waals surface area contributed by atoms with E-state index in [1.54, 1.807) is 0 Å². The molecule has 1 unspecified atom stereocenters. The van der Waals surface area contributed by atoms with Crippen molar-refractivity contribution >= 4 is 5.97 Å². The monoisotopic (exact) mass is 279 g/mol. The summed E-state index contributed by atoms with van der Waals surface area (Å²) < 4.78 is 11.6. The van der Waals surface area contributed by atoms with Crippen LogP contribution in [0.2, 0.25) is 0 Å². The lowest BCUT2D eigenvalue weighted by atomic mass is 10.2. The number of hydrogen-bond donors (Lipinski definition) is 1. The maximum atomic E-state index is 10.5. The van der Waals surface area contributed by atoms with Crippen LogP contribution in [-0.4, -0.2) is 48.3 Å². The Morgan fingerprint density at radius 1 is 1.40 bits per heavy atom. The molecule has 110 valence electrons. The van der Waals surface area contributed by atoms with Gasteiger partial charge in [-0.15, -0.1) is 0 Å². The van der Waals surface area contributed by atoms with E-state index in [0.29, 0.717) is 13.0 Å². The molecular weight excluding hydrogens is 258 g/mol. The van der Waals surface area contributed by atoms with Crippen LogP contribution in [0.4, 0.5) is 0 Å². The van der Waals surface area contributed by atoms with E-state index in [4.69, 9.17) is 14.6 Å². The number of ether oxygens (including phenoxy) is 2. The molecule has 1 aromatic rings. The van der Waals surface area contributed by atoms with Crippen LogP contribution in [0, 0.1) is 0 Å². The third kappa shape index (κ3) is 4.13. The third-order valence-electron chi connectivity index (χ3n) is 3.34. The molecule has 0 amide bonds. The minimum atomic E-state index is -0.743. The molecule has 1 heterocycles. The second kappa shape index (κ2) is 7.14. The molecule has 0 spiro atoms. The van der Waals surface area contributed by atoms with Crippen LogP contribution in [0.25, 0.3) is 0 Å². The third-order valence-corrected chi connectivity index (χ3v) is 3.34. The Morgan fingerprint density at radius 2 is 2.15 bits per heavy atom. The number of aliphatic carboxylic acids is 1. The van der Waals surface area contributed by atoms with Gasteiger partial charge in [0, 0.05) is 13.0 Å². The standard InChI is InChI=1S/C15H21NO4/c1-2-16(9-5-8-15(17)18)10-12-11-19-13-6-3-4-7-14(13)20-12/h3-4,6-7,12H,2,5,8-11H2,1H3,(H,17,18). The van der Waals surface area contributed by atoms with Crippen molar-refractivity contribution < 1.29 is 19.4 Å². The van der Waals surface area contributed by atoms with E-state index in [0.717, 1.165) is 31.1 Å². The maximum Gasteiger partial charge on any atom is 0.303 e. The minimum Gasteiger partial charge on any atom is -0.486 e. The summed E-state index contributed by atoms with van der Waals surface area (Å²) in [6.45, 7) is 5.00. The summed E-state index contributed by atoms with van der Waals surface area (Å²) in [5.74, 6) is 0.829. The first-order chi connectivity index (χ1) is 9.69.